The van der Waals surface area contributed by atoms with Crippen LogP contribution < -0.4 is 5.32 Å². The Kier molecular flexibility index (Phi) is 8.57. The van der Waals surface area contributed by atoms with Crippen LogP contribution in [0.15, 0.2) is 29.7 Å². The average molecular weight is 378 g/mol. The molecule has 26 heavy (non-hydrogen) atoms. The number of amides is 1. The summed E-state index contributed by atoms with van der Waals surface area (Å²) in [5, 5.41) is 12.1. The number of nitrogens with zero attached hydrogens (tertiary/aromatic N) is 4. The van der Waals surface area contributed by atoms with Gasteiger partial charge in [-0.1, -0.05) is 18.7 Å². The molecule has 1 N–H and O–H groups in total. The molecule has 2 heterocycles. The van der Waals surface area contributed by atoms with Gasteiger partial charge in [-0.25, -0.2) is 0 Å². The molecular weight excluding hydrogens is 350 g/mol. The highest BCUT2D eigenvalue weighted by molar-refractivity contribution is 8.00. The molecule has 2 rings (SSSR count). The van der Waals surface area contributed by atoms with Crippen LogP contribution in [0.5, 0.6) is 0 Å². The molecule has 142 valence electrons. The summed E-state index contributed by atoms with van der Waals surface area (Å²) >= 11 is 1.43. The molecule has 0 saturated heterocycles. The van der Waals surface area contributed by atoms with E-state index in [9.17, 15) is 4.79 Å². The van der Waals surface area contributed by atoms with Gasteiger partial charge in [0.25, 0.3) is 0 Å². The Balaban J connectivity index is 2.00. The number of carbonyl (C=O) groups excluding carboxylic acids is 1. The molecule has 1 amide bonds. The molecule has 7 nitrogen and oxygen atoms in total. The molecule has 8 heteroatoms. The first kappa shape index (κ1) is 20.4. The van der Waals surface area contributed by atoms with E-state index in [0.29, 0.717) is 19.8 Å². The number of rotatable bonds is 11. The van der Waals surface area contributed by atoms with E-state index in [2.05, 4.69) is 32.0 Å². The number of hydrogen-bond donors (Lipinski definition) is 1. The summed E-state index contributed by atoms with van der Waals surface area (Å²) in [5.74, 6) is 0.809. The van der Waals surface area contributed by atoms with E-state index in [1.807, 2.05) is 26.0 Å². The van der Waals surface area contributed by atoms with E-state index < -0.39 is 0 Å². The van der Waals surface area contributed by atoms with Gasteiger partial charge in [0, 0.05) is 44.3 Å². The van der Waals surface area contributed by atoms with Gasteiger partial charge in [-0.15, -0.1) is 10.2 Å². The quantitative estimate of drug-likeness (QED) is 0.479. The number of ether oxygens (including phenoxy) is 1. The van der Waals surface area contributed by atoms with Crippen molar-refractivity contribution in [3.63, 3.8) is 0 Å². The lowest BCUT2D eigenvalue weighted by molar-refractivity contribution is -0.120. The molecule has 2 aromatic heterocycles. The summed E-state index contributed by atoms with van der Waals surface area (Å²) in [5.41, 5.74) is 0.973. The van der Waals surface area contributed by atoms with Crippen molar-refractivity contribution < 1.29 is 9.53 Å². The molecule has 1 unspecified atom stereocenters. The third-order valence-corrected chi connectivity index (χ3v) is 4.80. The van der Waals surface area contributed by atoms with Gasteiger partial charge in [0.15, 0.2) is 11.0 Å². The predicted octanol–water partition coefficient (Wildman–Crippen LogP) is 2.77. The summed E-state index contributed by atoms with van der Waals surface area (Å²) in [7, 11) is 0. The van der Waals surface area contributed by atoms with Crippen LogP contribution in [0.2, 0.25) is 0 Å². The van der Waals surface area contributed by atoms with Crippen LogP contribution in [-0.4, -0.2) is 50.7 Å². The van der Waals surface area contributed by atoms with Crippen molar-refractivity contribution in [3.05, 3.63) is 24.5 Å². The van der Waals surface area contributed by atoms with Crippen molar-refractivity contribution in [1.82, 2.24) is 25.1 Å². The number of pyridine rings is 1. The molecule has 0 spiro atoms. The monoisotopic (exact) mass is 377 g/mol. The van der Waals surface area contributed by atoms with Gasteiger partial charge in [0.1, 0.15) is 0 Å². The number of carbonyl (C=O) groups is 1. The van der Waals surface area contributed by atoms with E-state index >= 15 is 0 Å². The highest BCUT2D eigenvalue weighted by atomic mass is 32.2. The fourth-order valence-corrected chi connectivity index (χ4v) is 3.30. The molecule has 0 saturated carbocycles. The van der Waals surface area contributed by atoms with Crippen molar-refractivity contribution in [2.45, 2.75) is 50.6 Å². The van der Waals surface area contributed by atoms with Gasteiger partial charge < -0.3 is 14.6 Å². The highest BCUT2D eigenvalue weighted by Crippen LogP contribution is 2.26. The second kappa shape index (κ2) is 10.9. The Morgan fingerprint density at radius 3 is 2.77 bits per heavy atom. The third-order valence-electron chi connectivity index (χ3n) is 3.72. The van der Waals surface area contributed by atoms with E-state index in [1.165, 1.54) is 11.8 Å². The smallest absolute Gasteiger partial charge is 0.233 e. The molecule has 0 radical (unpaired) electrons. The minimum absolute atomic E-state index is 0.00279. The zero-order valence-electron chi connectivity index (χ0n) is 15.6. The van der Waals surface area contributed by atoms with Gasteiger partial charge in [-0.2, -0.15) is 0 Å². The highest BCUT2D eigenvalue weighted by Gasteiger charge is 2.20. The summed E-state index contributed by atoms with van der Waals surface area (Å²) < 4.78 is 7.34. The van der Waals surface area contributed by atoms with Gasteiger partial charge in [-0.05, 0) is 38.8 Å². The Labute approximate surface area is 158 Å². The van der Waals surface area contributed by atoms with Crippen molar-refractivity contribution >= 4 is 17.7 Å². The van der Waals surface area contributed by atoms with Crippen LogP contribution >= 0.6 is 11.8 Å². The van der Waals surface area contributed by atoms with Gasteiger partial charge in [0.05, 0.1) is 5.25 Å². The van der Waals surface area contributed by atoms with Crippen molar-refractivity contribution in [2.75, 3.05) is 19.8 Å². The van der Waals surface area contributed by atoms with Crippen molar-refractivity contribution in [3.8, 4) is 11.4 Å². The maximum Gasteiger partial charge on any atom is 0.233 e. The first-order valence-electron chi connectivity index (χ1n) is 9.03. The molecule has 2 aromatic rings. The molecule has 0 aliphatic carbocycles. The minimum atomic E-state index is -0.243. The number of thioether (sulfide) groups is 1. The average Bonchev–Trinajstić information content (AvgIpc) is 3.05. The van der Waals surface area contributed by atoms with Gasteiger partial charge in [-0.3, -0.25) is 9.78 Å². The maximum atomic E-state index is 12.3. The molecule has 0 aliphatic rings. The van der Waals surface area contributed by atoms with Crippen LogP contribution in [0, 0.1) is 0 Å². The van der Waals surface area contributed by atoms with Crippen molar-refractivity contribution in [1.29, 1.82) is 0 Å². The predicted molar refractivity (Wildman–Crippen MR) is 103 cm³/mol. The van der Waals surface area contributed by atoms with Crippen LogP contribution in [-0.2, 0) is 16.1 Å². The molecular formula is C18H27N5O2S. The molecule has 0 fully saturated rings. The second-order valence-corrected chi connectivity index (χ2v) is 7.10. The second-order valence-electron chi connectivity index (χ2n) is 5.80. The number of hydrogen-bond acceptors (Lipinski definition) is 6. The fourth-order valence-electron chi connectivity index (χ4n) is 2.40. The Bertz CT molecular complexity index is 677. The Morgan fingerprint density at radius 1 is 1.31 bits per heavy atom. The fraction of sp³-hybridized carbons (Fsp3) is 0.556. The Hall–Kier alpha value is -1.93. The van der Waals surface area contributed by atoms with Gasteiger partial charge in [0.2, 0.25) is 5.91 Å². The molecule has 0 aromatic carbocycles. The van der Waals surface area contributed by atoms with E-state index in [0.717, 1.165) is 35.9 Å². The first-order valence-corrected chi connectivity index (χ1v) is 9.91. The van der Waals surface area contributed by atoms with Crippen LogP contribution in [0.4, 0.5) is 0 Å². The summed E-state index contributed by atoms with van der Waals surface area (Å²) in [6.07, 6.45) is 5.26. The molecule has 0 bridgehead atoms. The Morgan fingerprint density at radius 2 is 2.08 bits per heavy atom. The van der Waals surface area contributed by atoms with Crippen LogP contribution in [0.25, 0.3) is 11.4 Å². The summed E-state index contributed by atoms with van der Waals surface area (Å²) in [6.45, 7) is 8.75. The van der Waals surface area contributed by atoms with Crippen molar-refractivity contribution in [2.24, 2.45) is 0 Å². The third kappa shape index (κ3) is 5.81. The lowest BCUT2D eigenvalue weighted by atomic mass is 10.2. The van der Waals surface area contributed by atoms with E-state index in [4.69, 9.17) is 4.74 Å². The van der Waals surface area contributed by atoms with E-state index in [1.54, 1.807) is 12.4 Å². The SMILES string of the molecule is CCCn1c(SC(C)C(=O)NCCCOCC)nnc1-c1ccncc1. The molecule has 0 aliphatic heterocycles. The lowest BCUT2D eigenvalue weighted by Crippen LogP contribution is -2.32. The van der Waals surface area contributed by atoms with Gasteiger partial charge >= 0.3 is 0 Å². The van der Waals surface area contributed by atoms with E-state index in [-0.39, 0.29) is 11.2 Å². The summed E-state index contributed by atoms with van der Waals surface area (Å²) in [4.78, 5) is 16.3. The standard InChI is InChI=1S/C18H27N5O2S/c1-4-12-23-16(15-7-10-19-11-8-15)21-22-18(23)26-14(3)17(24)20-9-6-13-25-5-2/h7-8,10-11,14H,4-6,9,12-13H2,1-3H3,(H,20,24). The number of nitrogens with one attached hydrogen (secondary N) is 1. The first-order chi connectivity index (χ1) is 12.7. The van der Waals surface area contributed by atoms with Crippen LogP contribution in [0.1, 0.15) is 33.6 Å². The zero-order valence-corrected chi connectivity index (χ0v) is 16.5. The lowest BCUT2D eigenvalue weighted by Gasteiger charge is -2.13. The minimum Gasteiger partial charge on any atom is -0.382 e. The largest absolute Gasteiger partial charge is 0.382 e. The topological polar surface area (TPSA) is 81.9 Å². The number of aromatic nitrogens is 4. The molecule has 1 atom stereocenters. The normalized spacial score (nSPS) is 12.1. The zero-order chi connectivity index (χ0) is 18.8. The maximum absolute atomic E-state index is 12.3. The van der Waals surface area contributed by atoms with Crippen LogP contribution in [0.3, 0.4) is 0 Å². The summed E-state index contributed by atoms with van der Waals surface area (Å²) in [6, 6.07) is 3.83.